The lowest BCUT2D eigenvalue weighted by molar-refractivity contribution is -0.139. The molecule has 3 rings (SSSR count). The third kappa shape index (κ3) is 4.76. The maximum Gasteiger partial charge on any atom is 0.316 e. The Morgan fingerprint density at radius 3 is 2.75 bits per heavy atom. The number of amides is 1. The summed E-state index contributed by atoms with van der Waals surface area (Å²) >= 11 is 0. The number of ether oxygens (including phenoxy) is 2. The summed E-state index contributed by atoms with van der Waals surface area (Å²) in [5.74, 6) is -0.00629. The SMILES string of the molecule is O=C(COCc1ccccc1)N1CCC[C@@H](Oc2ncccn2)C1. The summed E-state index contributed by atoms with van der Waals surface area (Å²) in [5, 5.41) is 0. The van der Waals surface area contributed by atoms with Crippen LogP contribution in [0, 0.1) is 0 Å². The van der Waals surface area contributed by atoms with E-state index in [2.05, 4.69) is 9.97 Å². The average molecular weight is 327 g/mol. The number of piperidine rings is 1. The van der Waals surface area contributed by atoms with Gasteiger partial charge in [-0.25, -0.2) is 9.97 Å². The second kappa shape index (κ2) is 8.40. The van der Waals surface area contributed by atoms with Crippen molar-refractivity contribution >= 4 is 5.91 Å². The van der Waals surface area contributed by atoms with Crippen LogP contribution in [-0.4, -0.2) is 46.6 Å². The number of nitrogens with zero attached hydrogens (tertiary/aromatic N) is 3. The van der Waals surface area contributed by atoms with Gasteiger partial charge in [0.25, 0.3) is 0 Å². The zero-order valence-corrected chi connectivity index (χ0v) is 13.5. The van der Waals surface area contributed by atoms with Gasteiger partial charge in [0.2, 0.25) is 5.91 Å². The van der Waals surface area contributed by atoms with Crippen molar-refractivity contribution in [2.75, 3.05) is 19.7 Å². The summed E-state index contributed by atoms with van der Waals surface area (Å²) in [6.07, 6.45) is 5.02. The second-order valence-corrected chi connectivity index (χ2v) is 5.73. The second-order valence-electron chi connectivity index (χ2n) is 5.73. The Balaban J connectivity index is 1.44. The fourth-order valence-electron chi connectivity index (χ4n) is 2.68. The lowest BCUT2D eigenvalue weighted by Gasteiger charge is -2.32. The third-order valence-corrected chi connectivity index (χ3v) is 3.88. The number of carbonyl (C=O) groups excluding carboxylic acids is 1. The highest BCUT2D eigenvalue weighted by atomic mass is 16.5. The summed E-state index contributed by atoms with van der Waals surface area (Å²) < 4.78 is 11.3. The van der Waals surface area contributed by atoms with Crippen molar-refractivity contribution in [3.05, 3.63) is 54.4 Å². The van der Waals surface area contributed by atoms with Crippen LogP contribution in [0.3, 0.4) is 0 Å². The van der Waals surface area contributed by atoms with Crippen LogP contribution in [0.25, 0.3) is 0 Å². The first-order chi connectivity index (χ1) is 11.8. The first-order valence-corrected chi connectivity index (χ1v) is 8.14. The van der Waals surface area contributed by atoms with Crippen LogP contribution in [0.15, 0.2) is 48.8 Å². The lowest BCUT2D eigenvalue weighted by atomic mass is 10.1. The Labute approximate surface area is 141 Å². The van der Waals surface area contributed by atoms with Crippen LogP contribution >= 0.6 is 0 Å². The van der Waals surface area contributed by atoms with Gasteiger partial charge in [0.05, 0.1) is 13.2 Å². The standard InChI is InChI=1S/C18H21N3O3/c22-17(14-23-13-15-6-2-1-3-7-15)21-11-4-8-16(12-21)24-18-19-9-5-10-20-18/h1-3,5-7,9-10,16H,4,8,11-14H2/t16-/m1/s1. The highest BCUT2D eigenvalue weighted by molar-refractivity contribution is 5.77. The van der Waals surface area contributed by atoms with E-state index in [9.17, 15) is 4.79 Å². The number of hydrogen-bond acceptors (Lipinski definition) is 5. The van der Waals surface area contributed by atoms with Gasteiger partial charge in [-0.3, -0.25) is 4.79 Å². The molecule has 126 valence electrons. The molecule has 0 N–H and O–H groups in total. The predicted molar refractivity (Wildman–Crippen MR) is 88.4 cm³/mol. The van der Waals surface area contributed by atoms with Gasteiger partial charge in [0, 0.05) is 18.9 Å². The fourth-order valence-corrected chi connectivity index (χ4v) is 2.68. The van der Waals surface area contributed by atoms with Gasteiger partial charge >= 0.3 is 6.01 Å². The molecule has 1 fully saturated rings. The first kappa shape index (κ1) is 16.4. The zero-order chi connectivity index (χ0) is 16.6. The molecule has 0 unspecified atom stereocenters. The van der Waals surface area contributed by atoms with E-state index in [1.165, 1.54) is 0 Å². The number of likely N-dealkylation sites (tertiary alicyclic amines) is 1. The number of rotatable bonds is 6. The van der Waals surface area contributed by atoms with Crippen LogP contribution in [0.2, 0.25) is 0 Å². The Morgan fingerprint density at radius 1 is 1.17 bits per heavy atom. The molecular weight excluding hydrogens is 306 g/mol. The summed E-state index contributed by atoms with van der Waals surface area (Å²) in [6.45, 7) is 1.82. The minimum absolute atomic E-state index is 0.00629. The van der Waals surface area contributed by atoms with Crippen LogP contribution < -0.4 is 4.74 Å². The molecular formula is C18H21N3O3. The molecule has 1 atom stereocenters. The Morgan fingerprint density at radius 2 is 1.96 bits per heavy atom. The largest absolute Gasteiger partial charge is 0.458 e. The van der Waals surface area contributed by atoms with Gasteiger partial charge in [-0.15, -0.1) is 0 Å². The fraction of sp³-hybridized carbons (Fsp3) is 0.389. The number of aromatic nitrogens is 2. The molecule has 1 aliphatic heterocycles. The smallest absolute Gasteiger partial charge is 0.316 e. The highest BCUT2D eigenvalue weighted by Gasteiger charge is 2.25. The van der Waals surface area contributed by atoms with E-state index in [1.54, 1.807) is 23.4 Å². The summed E-state index contributed by atoms with van der Waals surface area (Å²) in [5.41, 5.74) is 1.06. The van der Waals surface area contributed by atoms with Crippen LogP contribution in [0.5, 0.6) is 6.01 Å². The van der Waals surface area contributed by atoms with E-state index in [1.807, 2.05) is 30.3 Å². The average Bonchev–Trinajstić information content (AvgIpc) is 2.64. The molecule has 0 radical (unpaired) electrons. The quantitative estimate of drug-likeness (QED) is 0.812. The minimum Gasteiger partial charge on any atom is -0.458 e. The van der Waals surface area contributed by atoms with E-state index in [-0.39, 0.29) is 18.6 Å². The van der Waals surface area contributed by atoms with E-state index >= 15 is 0 Å². The minimum atomic E-state index is -0.0702. The maximum atomic E-state index is 12.3. The van der Waals surface area contributed by atoms with Crippen LogP contribution in [0.4, 0.5) is 0 Å². The Kier molecular flexibility index (Phi) is 5.74. The van der Waals surface area contributed by atoms with Crippen molar-refractivity contribution in [1.82, 2.24) is 14.9 Å². The zero-order valence-electron chi connectivity index (χ0n) is 13.5. The lowest BCUT2D eigenvalue weighted by Crippen LogP contribution is -2.45. The predicted octanol–water partition coefficient (Wildman–Crippen LogP) is 2.06. The van der Waals surface area contributed by atoms with Crippen molar-refractivity contribution in [2.24, 2.45) is 0 Å². The molecule has 0 aliphatic carbocycles. The number of carbonyl (C=O) groups is 1. The Hall–Kier alpha value is -2.47. The van der Waals surface area contributed by atoms with Crippen molar-refractivity contribution in [1.29, 1.82) is 0 Å². The molecule has 1 amide bonds. The van der Waals surface area contributed by atoms with Gasteiger partial charge in [0.1, 0.15) is 12.7 Å². The number of hydrogen-bond donors (Lipinski definition) is 0. The highest BCUT2D eigenvalue weighted by Crippen LogP contribution is 2.15. The molecule has 1 aromatic heterocycles. The van der Waals surface area contributed by atoms with Crippen molar-refractivity contribution < 1.29 is 14.3 Å². The molecule has 1 aromatic carbocycles. The van der Waals surface area contributed by atoms with Crippen molar-refractivity contribution in [3.8, 4) is 6.01 Å². The first-order valence-electron chi connectivity index (χ1n) is 8.14. The van der Waals surface area contributed by atoms with E-state index < -0.39 is 0 Å². The van der Waals surface area contributed by atoms with Crippen LogP contribution in [0.1, 0.15) is 18.4 Å². The van der Waals surface area contributed by atoms with E-state index in [0.29, 0.717) is 19.2 Å². The molecule has 24 heavy (non-hydrogen) atoms. The molecule has 6 heteroatoms. The molecule has 2 heterocycles. The van der Waals surface area contributed by atoms with Gasteiger partial charge in [0.15, 0.2) is 0 Å². The molecule has 0 saturated carbocycles. The van der Waals surface area contributed by atoms with Gasteiger partial charge < -0.3 is 14.4 Å². The molecule has 1 aliphatic rings. The van der Waals surface area contributed by atoms with E-state index in [4.69, 9.17) is 9.47 Å². The number of benzene rings is 1. The third-order valence-electron chi connectivity index (χ3n) is 3.88. The topological polar surface area (TPSA) is 64.5 Å². The van der Waals surface area contributed by atoms with E-state index in [0.717, 1.165) is 24.9 Å². The molecule has 0 bridgehead atoms. The normalized spacial score (nSPS) is 17.5. The van der Waals surface area contributed by atoms with Gasteiger partial charge in [-0.05, 0) is 24.5 Å². The summed E-state index contributed by atoms with van der Waals surface area (Å²) in [6, 6.07) is 11.9. The van der Waals surface area contributed by atoms with Gasteiger partial charge in [-0.2, -0.15) is 0 Å². The van der Waals surface area contributed by atoms with Crippen molar-refractivity contribution in [2.45, 2.75) is 25.6 Å². The summed E-state index contributed by atoms with van der Waals surface area (Å²) in [7, 11) is 0. The Bertz CT molecular complexity index is 636. The van der Waals surface area contributed by atoms with Crippen LogP contribution in [-0.2, 0) is 16.1 Å². The monoisotopic (exact) mass is 327 g/mol. The van der Waals surface area contributed by atoms with Gasteiger partial charge in [-0.1, -0.05) is 30.3 Å². The molecule has 0 spiro atoms. The molecule has 6 nitrogen and oxygen atoms in total. The molecule has 1 saturated heterocycles. The maximum absolute atomic E-state index is 12.3. The summed E-state index contributed by atoms with van der Waals surface area (Å²) in [4.78, 5) is 22.2. The molecule has 2 aromatic rings. The van der Waals surface area contributed by atoms with Crippen molar-refractivity contribution in [3.63, 3.8) is 0 Å².